The summed E-state index contributed by atoms with van der Waals surface area (Å²) in [6.07, 6.45) is 1.57. The number of nitrogens with zero attached hydrogens (tertiary/aromatic N) is 1. The highest BCUT2D eigenvalue weighted by molar-refractivity contribution is 5.93. The molecule has 1 fully saturated rings. The summed E-state index contributed by atoms with van der Waals surface area (Å²) in [5.74, 6) is -3.26. The van der Waals surface area contributed by atoms with Crippen molar-refractivity contribution >= 4 is 35.4 Å². The molecule has 15 nitrogen and oxygen atoms in total. The molecule has 1 aromatic rings. The van der Waals surface area contributed by atoms with Crippen LogP contribution in [0.2, 0.25) is 0 Å². The Labute approximate surface area is 294 Å². The average Bonchev–Trinajstić information content (AvgIpc) is 3.52. The summed E-state index contributed by atoms with van der Waals surface area (Å²) in [6, 6.07) is 2.68. The van der Waals surface area contributed by atoms with Gasteiger partial charge in [0, 0.05) is 13.0 Å². The van der Waals surface area contributed by atoms with Crippen molar-refractivity contribution in [3.63, 3.8) is 0 Å². The first-order valence-corrected chi connectivity index (χ1v) is 17.6. The second kappa shape index (κ2) is 19.2. The molecular formula is C35H55N7O8. The number of nitrogens with two attached hydrogens (primary N) is 2. The summed E-state index contributed by atoms with van der Waals surface area (Å²) in [6.45, 7) is 8.16. The van der Waals surface area contributed by atoms with Crippen LogP contribution in [0.25, 0.3) is 0 Å². The first-order valence-electron chi connectivity index (χ1n) is 17.6. The van der Waals surface area contributed by atoms with Crippen LogP contribution in [0.4, 0.5) is 0 Å². The zero-order valence-corrected chi connectivity index (χ0v) is 29.6. The van der Waals surface area contributed by atoms with Crippen molar-refractivity contribution in [3.05, 3.63) is 29.8 Å². The molecule has 0 aromatic heterocycles. The molecule has 15 heteroatoms. The van der Waals surface area contributed by atoms with E-state index in [4.69, 9.17) is 16.2 Å². The lowest BCUT2D eigenvalue weighted by molar-refractivity contribution is -0.134. The van der Waals surface area contributed by atoms with Gasteiger partial charge in [-0.15, -0.1) is 0 Å². The molecule has 278 valence electrons. The topological polar surface area (TPSA) is 235 Å². The van der Waals surface area contributed by atoms with Crippen LogP contribution in [0.5, 0.6) is 5.75 Å². The molecule has 3 aliphatic rings. The summed E-state index contributed by atoms with van der Waals surface area (Å²) in [7, 11) is 0. The minimum Gasteiger partial charge on any atom is -0.494 e. The Balaban J connectivity index is 1.81. The Hall–Kier alpha value is -4.24. The standard InChI is InChI=1S/C35H55N7O8/c1-5-21(4)31(35(49)40-30(20(2)3)32(37)46)41-34(48)26-9-8-15-42(26)19-27(43)24-17-22-11-13-23(14-12-22)50-16-7-6-10-29(45)38-25(18-28(36)44)33(47)39-24/h11-14,20-21,24-27,30-31,43H,5-10,15-19H2,1-4H3,(H2,36,44)(H2,37,46)(H,38,45)(H,39,47)(H,40,49)(H,41,48)/t21?,24-,25-,26-,27+,30-,31?/m0/s1. The molecule has 0 aliphatic carbocycles. The first-order chi connectivity index (χ1) is 23.7. The quantitative estimate of drug-likeness (QED) is 0.142. The van der Waals surface area contributed by atoms with E-state index in [1.54, 1.807) is 26.0 Å². The number of benzene rings is 1. The Kier molecular flexibility index (Phi) is 15.5. The molecule has 2 unspecified atom stereocenters. The lowest BCUT2D eigenvalue weighted by Crippen LogP contribution is -2.59. The molecule has 3 heterocycles. The summed E-state index contributed by atoms with van der Waals surface area (Å²) in [5.41, 5.74) is 11.7. The van der Waals surface area contributed by atoms with E-state index in [0.717, 1.165) is 5.56 Å². The number of carbonyl (C=O) groups is 6. The van der Waals surface area contributed by atoms with Crippen LogP contribution in [0.3, 0.4) is 0 Å². The van der Waals surface area contributed by atoms with Gasteiger partial charge in [0.2, 0.25) is 35.4 Å². The Morgan fingerprint density at radius 1 is 1.00 bits per heavy atom. The molecule has 9 N–H and O–H groups in total. The molecule has 1 aromatic carbocycles. The van der Waals surface area contributed by atoms with Gasteiger partial charge in [-0.05, 0) is 68.2 Å². The molecule has 1 saturated heterocycles. The number of likely N-dealkylation sites (tertiary alicyclic amines) is 1. The van der Waals surface area contributed by atoms with E-state index in [0.29, 0.717) is 51.0 Å². The van der Waals surface area contributed by atoms with E-state index < -0.39 is 78.2 Å². The zero-order chi connectivity index (χ0) is 37.0. The average molecular weight is 702 g/mol. The highest BCUT2D eigenvalue weighted by atomic mass is 16.5. The molecule has 4 rings (SSSR count). The van der Waals surface area contributed by atoms with E-state index in [2.05, 4.69) is 21.3 Å². The number of amides is 6. The summed E-state index contributed by atoms with van der Waals surface area (Å²) in [4.78, 5) is 78.7. The van der Waals surface area contributed by atoms with Crippen molar-refractivity contribution in [3.8, 4) is 5.75 Å². The van der Waals surface area contributed by atoms with E-state index >= 15 is 0 Å². The van der Waals surface area contributed by atoms with E-state index in [1.165, 1.54) is 0 Å². The van der Waals surface area contributed by atoms with Crippen molar-refractivity contribution in [1.82, 2.24) is 26.2 Å². The number of rotatable bonds is 13. The Morgan fingerprint density at radius 3 is 2.32 bits per heavy atom. The van der Waals surface area contributed by atoms with Crippen LogP contribution in [0.15, 0.2) is 24.3 Å². The van der Waals surface area contributed by atoms with Crippen molar-refractivity contribution < 1.29 is 38.6 Å². The lowest BCUT2D eigenvalue weighted by atomic mass is 9.96. The van der Waals surface area contributed by atoms with Gasteiger partial charge in [0.1, 0.15) is 23.9 Å². The maximum atomic E-state index is 13.7. The third-order valence-corrected chi connectivity index (χ3v) is 9.45. The van der Waals surface area contributed by atoms with Crippen molar-refractivity contribution in [2.75, 3.05) is 19.7 Å². The van der Waals surface area contributed by atoms with Crippen LogP contribution in [0, 0.1) is 11.8 Å². The predicted octanol–water partition coefficient (Wildman–Crippen LogP) is -0.381. The number of ether oxygens (including phenoxy) is 1. The fourth-order valence-corrected chi connectivity index (χ4v) is 6.27. The summed E-state index contributed by atoms with van der Waals surface area (Å²) in [5, 5.41) is 22.6. The predicted molar refractivity (Wildman–Crippen MR) is 185 cm³/mol. The monoisotopic (exact) mass is 701 g/mol. The number of β-amino-alcohol motifs (C(OH)–C–C–N with tert-alkyl or cyclic N) is 1. The van der Waals surface area contributed by atoms with Gasteiger partial charge in [-0.3, -0.25) is 33.7 Å². The largest absolute Gasteiger partial charge is 0.494 e. The highest BCUT2D eigenvalue weighted by Gasteiger charge is 2.38. The maximum absolute atomic E-state index is 13.7. The highest BCUT2D eigenvalue weighted by Crippen LogP contribution is 2.21. The first kappa shape index (κ1) is 40.2. The number of aliphatic hydroxyl groups is 1. The molecular weight excluding hydrogens is 646 g/mol. The molecule has 7 atom stereocenters. The number of fused-ring (bicyclic) bond motifs is 13. The summed E-state index contributed by atoms with van der Waals surface area (Å²) < 4.78 is 5.78. The van der Waals surface area contributed by atoms with Crippen LogP contribution >= 0.6 is 0 Å². The van der Waals surface area contributed by atoms with Crippen LogP contribution in [-0.4, -0.2) is 101 Å². The van der Waals surface area contributed by atoms with Crippen LogP contribution < -0.4 is 37.5 Å². The van der Waals surface area contributed by atoms with Crippen molar-refractivity contribution in [2.45, 2.75) is 115 Å². The second-order valence-corrected chi connectivity index (χ2v) is 13.8. The van der Waals surface area contributed by atoms with Gasteiger partial charge >= 0.3 is 0 Å². The number of nitrogens with one attached hydrogen (secondary N) is 4. The second-order valence-electron chi connectivity index (χ2n) is 13.8. The molecule has 3 aliphatic heterocycles. The minimum absolute atomic E-state index is 0.00830. The SMILES string of the molecule is CCC(C)C(NC(=O)[C@@H]1CCCN1C[C@@H](O)[C@@H]1Cc2ccc(cc2)OCCCCC(=O)N[C@@H](CC(N)=O)C(=O)N1)C(=O)N[C@H](C(N)=O)C(C)C. The number of carbonyl (C=O) groups excluding carboxylic acids is 6. The number of primary amides is 2. The lowest BCUT2D eigenvalue weighted by Gasteiger charge is -2.33. The molecule has 0 radical (unpaired) electrons. The maximum Gasteiger partial charge on any atom is 0.243 e. The number of hydrogen-bond donors (Lipinski definition) is 7. The third kappa shape index (κ3) is 12.0. The normalized spacial score (nSPS) is 23.1. The van der Waals surface area contributed by atoms with Gasteiger partial charge in [0.05, 0.1) is 31.2 Å². The Bertz CT molecular complexity index is 1340. The third-order valence-electron chi connectivity index (χ3n) is 9.45. The molecule has 6 amide bonds. The molecule has 0 spiro atoms. The van der Waals surface area contributed by atoms with Gasteiger partial charge < -0.3 is 42.6 Å². The van der Waals surface area contributed by atoms with E-state index in [9.17, 15) is 33.9 Å². The number of hydrogen-bond acceptors (Lipinski definition) is 9. The van der Waals surface area contributed by atoms with E-state index in [-0.39, 0.29) is 31.2 Å². The van der Waals surface area contributed by atoms with Gasteiger partial charge in [0.15, 0.2) is 0 Å². The fraction of sp³-hybridized carbons (Fsp3) is 0.657. The molecule has 2 bridgehead atoms. The van der Waals surface area contributed by atoms with Gasteiger partial charge in [-0.1, -0.05) is 46.2 Å². The smallest absolute Gasteiger partial charge is 0.243 e. The van der Waals surface area contributed by atoms with Gasteiger partial charge in [0.25, 0.3) is 0 Å². The molecule has 0 saturated carbocycles. The van der Waals surface area contributed by atoms with Gasteiger partial charge in [-0.25, -0.2) is 0 Å². The van der Waals surface area contributed by atoms with E-state index in [1.807, 2.05) is 30.9 Å². The van der Waals surface area contributed by atoms with Crippen molar-refractivity contribution in [2.24, 2.45) is 23.3 Å². The Morgan fingerprint density at radius 2 is 1.70 bits per heavy atom. The van der Waals surface area contributed by atoms with Gasteiger partial charge in [-0.2, -0.15) is 0 Å². The molecule has 50 heavy (non-hydrogen) atoms. The number of aliphatic hydroxyl groups excluding tert-OH is 1. The minimum atomic E-state index is -1.24. The fourth-order valence-electron chi connectivity index (χ4n) is 6.27. The summed E-state index contributed by atoms with van der Waals surface area (Å²) >= 11 is 0. The van der Waals surface area contributed by atoms with Crippen LogP contribution in [0.1, 0.15) is 78.2 Å². The zero-order valence-electron chi connectivity index (χ0n) is 29.6. The van der Waals surface area contributed by atoms with Crippen LogP contribution in [-0.2, 0) is 35.2 Å². The van der Waals surface area contributed by atoms with Crippen molar-refractivity contribution in [1.29, 1.82) is 0 Å².